The Kier molecular flexibility index (Phi) is 5.54. The first-order valence-corrected chi connectivity index (χ1v) is 7.96. The Morgan fingerprint density at radius 3 is 2.76 bits per heavy atom. The van der Waals surface area contributed by atoms with E-state index in [0.29, 0.717) is 25.0 Å². The van der Waals surface area contributed by atoms with Crippen LogP contribution in [0.4, 0.5) is 13.2 Å². The Hall–Kier alpha value is -0.330. The monoisotopic (exact) mass is 308 g/mol. The minimum atomic E-state index is -4.08. The average Bonchev–Trinajstić information content (AvgIpc) is 2.82. The molecule has 1 N–H and O–H groups in total. The third-order valence-electron chi connectivity index (χ3n) is 4.81. The van der Waals surface area contributed by atoms with E-state index in [1.165, 1.54) is 4.90 Å². The molecular formula is C15H27F3N2O. The zero-order valence-electron chi connectivity index (χ0n) is 13.0. The largest absolute Gasteiger partial charge is 0.401 e. The van der Waals surface area contributed by atoms with Crippen molar-refractivity contribution in [3.05, 3.63) is 0 Å². The second-order valence-corrected chi connectivity index (χ2v) is 6.75. The Bertz CT molecular complexity index is 337. The van der Waals surface area contributed by atoms with Gasteiger partial charge in [0, 0.05) is 19.2 Å². The fraction of sp³-hybridized carbons (Fsp3) is 1.00. The zero-order valence-corrected chi connectivity index (χ0v) is 13.0. The number of likely N-dealkylation sites (tertiary alicyclic amines) is 1. The molecule has 0 radical (unpaired) electrons. The number of ether oxygens (including phenoxy) is 1. The fourth-order valence-electron chi connectivity index (χ4n) is 3.36. The number of rotatable bonds is 5. The number of alkyl halides is 3. The summed E-state index contributed by atoms with van der Waals surface area (Å²) in [5.41, 5.74) is -0.0477. The van der Waals surface area contributed by atoms with E-state index in [2.05, 4.69) is 19.2 Å². The third-order valence-corrected chi connectivity index (χ3v) is 4.81. The molecule has 0 saturated carbocycles. The molecule has 2 aliphatic heterocycles. The molecule has 124 valence electrons. The van der Waals surface area contributed by atoms with Gasteiger partial charge in [-0.05, 0) is 51.6 Å². The molecule has 0 aromatic rings. The molecule has 2 heterocycles. The van der Waals surface area contributed by atoms with Gasteiger partial charge in [-0.25, -0.2) is 0 Å². The summed E-state index contributed by atoms with van der Waals surface area (Å²) < 4.78 is 42.9. The molecule has 0 aliphatic carbocycles. The van der Waals surface area contributed by atoms with Gasteiger partial charge in [-0.2, -0.15) is 13.2 Å². The van der Waals surface area contributed by atoms with Gasteiger partial charge in [0.25, 0.3) is 0 Å². The van der Waals surface area contributed by atoms with Crippen LogP contribution in [0.1, 0.15) is 39.5 Å². The molecular weight excluding hydrogens is 281 g/mol. The van der Waals surface area contributed by atoms with Crippen LogP contribution in [0, 0.1) is 5.92 Å². The van der Waals surface area contributed by atoms with E-state index in [9.17, 15) is 13.2 Å². The summed E-state index contributed by atoms with van der Waals surface area (Å²) in [5, 5.41) is 3.55. The predicted molar refractivity (Wildman–Crippen MR) is 76.3 cm³/mol. The Labute approximate surface area is 125 Å². The summed E-state index contributed by atoms with van der Waals surface area (Å²) in [5.74, 6) is 0.336. The predicted octanol–water partition coefficient (Wildman–Crippen LogP) is 2.81. The van der Waals surface area contributed by atoms with Crippen molar-refractivity contribution in [3.8, 4) is 0 Å². The van der Waals surface area contributed by atoms with Gasteiger partial charge in [0.1, 0.15) is 0 Å². The summed E-state index contributed by atoms with van der Waals surface area (Å²) in [7, 11) is 0. The molecule has 2 fully saturated rings. The van der Waals surface area contributed by atoms with Gasteiger partial charge in [0.05, 0.1) is 12.1 Å². The van der Waals surface area contributed by atoms with Crippen molar-refractivity contribution >= 4 is 0 Å². The maximum absolute atomic E-state index is 12.4. The van der Waals surface area contributed by atoms with Gasteiger partial charge in [-0.3, -0.25) is 4.90 Å². The number of nitrogens with one attached hydrogen (secondary N) is 1. The molecule has 3 unspecified atom stereocenters. The smallest absolute Gasteiger partial charge is 0.375 e. The van der Waals surface area contributed by atoms with Gasteiger partial charge in [-0.1, -0.05) is 6.92 Å². The molecule has 0 aromatic carbocycles. The first-order valence-electron chi connectivity index (χ1n) is 7.96. The average molecular weight is 308 g/mol. The lowest BCUT2D eigenvalue weighted by Crippen LogP contribution is -2.46. The minimum Gasteiger partial charge on any atom is -0.375 e. The van der Waals surface area contributed by atoms with E-state index < -0.39 is 12.7 Å². The Balaban J connectivity index is 1.70. The molecule has 3 atom stereocenters. The van der Waals surface area contributed by atoms with Crippen LogP contribution in [0.5, 0.6) is 0 Å². The minimum absolute atomic E-state index is 0.0477. The number of halogens is 3. The van der Waals surface area contributed by atoms with Crippen molar-refractivity contribution in [1.29, 1.82) is 0 Å². The SMILES string of the molecule is CCC1(C)CC(NCC2CCN(CC(F)(F)F)C2)CCO1. The Morgan fingerprint density at radius 1 is 1.33 bits per heavy atom. The maximum atomic E-state index is 12.4. The Morgan fingerprint density at radius 2 is 2.10 bits per heavy atom. The molecule has 3 nitrogen and oxygen atoms in total. The summed E-state index contributed by atoms with van der Waals surface area (Å²) in [6, 6.07) is 0.431. The van der Waals surface area contributed by atoms with E-state index >= 15 is 0 Å². The normalized spacial score (nSPS) is 35.3. The van der Waals surface area contributed by atoms with E-state index in [1.807, 2.05) is 0 Å². The van der Waals surface area contributed by atoms with E-state index in [0.717, 1.165) is 38.8 Å². The topological polar surface area (TPSA) is 24.5 Å². The highest BCUT2D eigenvalue weighted by molar-refractivity contribution is 4.87. The maximum Gasteiger partial charge on any atom is 0.401 e. The van der Waals surface area contributed by atoms with Gasteiger partial charge >= 0.3 is 6.18 Å². The van der Waals surface area contributed by atoms with Crippen LogP contribution in [0.15, 0.2) is 0 Å². The summed E-state index contributed by atoms with van der Waals surface area (Å²) >= 11 is 0. The van der Waals surface area contributed by atoms with Crippen LogP contribution in [0.3, 0.4) is 0 Å². The van der Waals surface area contributed by atoms with Crippen molar-refractivity contribution in [2.45, 2.75) is 57.3 Å². The van der Waals surface area contributed by atoms with Gasteiger partial charge in [0.2, 0.25) is 0 Å². The van der Waals surface area contributed by atoms with Crippen molar-refractivity contribution in [2.75, 3.05) is 32.8 Å². The van der Waals surface area contributed by atoms with Crippen LogP contribution in [-0.2, 0) is 4.74 Å². The lowest BCUT2D eigenvalue weighted by atomic mass is 9.89. The highest BCUT2D eigenvalue weighted by Gasteiger charge is 2.35. The van der Waals surface area contributed by atoms with Gasteiger partial charge < -0.3 is 10.1 Å². The van der Waals surface area contributed by atoms with Gasteiger partial charge in [-0.15, -0.1) is 0 Å². The molecule has 0 spiro atoms. The highest BCUT2D eigenvalue weighted by Crippen LogP contribution is 2.28. The van der Waals surface area contributed by atoms with Crippen LogP contribution in [-0.4, -0.2) is 55.5 Å². The number of nitrogens with zero attached hydrogens (tertiary/aromatic N) is 1. The van der Waals surface area contributed by atoms with Crippen molar-refractivity contribution in [3.63, 3.8) is 0 Å². The van der Waals surface area contributed by atoms with E-state index in [4.69, 9.17) is 4.74 Å². The zero-order chi connectivity index (χ0) is 15.5. The first kappa shape index (κ1) is 17.0. The van der Waals surface area contributed by atoms with Crippen LogP contribution in [0.25, 0.3) is 0 Å². The molecule has 2 rings (SSSR count). The third kappa shape index (κ3) is 5.42. The van der Waals surface area contributed by atoms with Crippen molar-refractivity contribution in [2.24, 2.45) is 5.92 Å². The summed E-state index contributed by atoms with van der Waals surface area (Å²) in [4.78, 5) is 1.52. The van der Waals surface area contributed by atoms with Crippen molar-refractivity contribution in [1.82, 2.24) is 10.2 Å². The fourth-order valence-corrected chi connectivity index (χ4v) is 3.36. The number of hydrogen-bond donors (Lipinski definition) is 1. The van der Waals surface area contributed by atoms with Crippen LogP contribution >= 0.6 is 0 Å². The van der Waals surface area contributed by atoms with Crippen LogP contribution < -0.4 is 5.32 Å². The van der Waals surface area contributed by atoms with E-state index in [-0.39, 0.29) is 5.60 Å². The molecule has 6 heteroatoms. The molecule has 2 saturated heterocycles. The first-order chi connectivity index (χ1) is 9.80. The standard InChI is InChI=1S/C15H27F3N2O/c1-3-14(2)8-13(5-7-21-14)19-9-12-4-6-20(10-12)11-15(16,17)18/h12-13,19H,3-11H2,1-2H3. The van der Waals surface area contributed by atoms with Crippen molar-refractivity contribution < 1.29 is 17.9 Å². The number of hydrogen-bond acceptors (Lipinski definition) is 3. The second kappa shape index (κ2) is 6.84. The lowest BCUT2D eigenvalue weighted by molar-refractivity contribution is -0.143. The highest BCUT2D eigenvalue weighted by atomic mass is 19.4. The van der Waals surface area contributed by atoms with E-state index in [1.54, 1.807) is 0 Å². The molecule has 0 aromatic heterocycles. The molecule has 2 aliphatic rings. The second-order valence-electron chi connectivity index (χ2n) is 6.75. The lowest BCUT2D eigenvalue weighted by Gasteiger charge is -2.38. The van der Waals surface area contributed by atoms with Gasteiger partial charge in [0.15, 0.2) is 0 Å². The molecule has 0 bridgehead atoms. The molecule has 0 amide bonds. The van der Waals surface area contributed by atoms with Crippen LogP contribution in [0.2, 0.25) is 0 Å². The summed E-state index contributed by atoms with van der Waals surface area (Å²) in [6.07, 6.45) is -0.242. The summed E-state index contributed by atoms with van der Waals surface area (Å²) in [6.45, 7) is 6.21. The molecule has 21 heavy (non-hydrogen) atoms. The quantitative estimate of drug-likeness (QED) is 0.845.